The zero-order valence-corrected chi connectivity index (χ0v) is 20.1. The fourth-order valence-electron chi connectivity index (χ4n) is 2.70. The van der Waals surface area contributed by atoms with Crippen LogP contribution in [0.15, 0.2) is 53.5 Å². The number of carbonyl (C=O) groups is 1. The van der Waals surface area contributed by atoms with Gasteiger partial charge in [-0.05, 0) is 42.7 Å². The smallest absolute Gasteiger partial charge is 0.241 e. The number of likely N-dealkylation sites (N-methyl/N-ethyl adjacent to an activating group) is 1. The van der Waals surface area contributed by atoms with Gasteiger partial charge in [-0.3, -0.25) is 4.79 Å². The Kier molecular flexibility index (Phi) is 10.5. The van der Waals surface area contributed by atoms with Gasteiger partial charge in [0.05, 0.1) is 26.2 Å². The zero-order valence-electron chi connectivity index (χ0n) is 17.7. The van der Waals surface area contributed by atoms with E-state index in [4.69, 9.17) is 4.74 Å². The molecule has 2 aromatic rings. The first-order valence-corrected chi connectivity index (χ1v) is 9.33. The molecule has 0 radical (unpaired) electrons. The zero-order chi connectivity index (χ0) is 20.5. The molecule has 158 valence electrons. The van der Waals surface area contributed by atoms with Crippen LogP contribution in [0.4, 0.5) is 0 Å². The minimum atomic E-state index is -0.0147. The Morgan fingerprint density at radius 3 is 2.48 bits per heavy atom. The van der Waals surface area contributed by atoms with Crippen LogP contribution in [-0.2, 0) is 11.3 Å². The van der Waals surface area contributed by atoms with Crippen LogP contribution < -0.4 is 15.4 Å². The fraction of sp³-hybridized carbons (Fsp3) is 0.364. The van der Waals surface area contributed by atoms with Crippen LogP contribution in [0, 0.1) is 6.92 Å². The molecule has 0 aliphatic carbocycles. The predicted molar refractivity (Wildman–Crippen MR) is 129 cm³/mol. The van der Waals surface area contributed by atoms with Crippen LogP contribution in [0.25, 0.3) is 0 Å². The molecule has 2 aromatic carbocycles. The first-order chi connectivity index (χ1) is 13.4. The predicted octanol–water partition coefficient (Wildman–Crippen LogP) is 3.51. The molecule has 1 atom stereocenters. The molecule has 2 rings (SSSR count). The number of rotatable bonds is 7. The Hall–Kier alpha value is -2.29. The van der Waals surface area contributed by atoms with Gasteiger partial charge in [-0.15, -0.1) is 24.0 Å². The quantitative estimate of drug-likeness (QED) is 0.340. The summed E-state index contributed by atoms with van der Waals surface area (Å²) in [7, 11) is 5.13. The second-order valence-corrected chi connectivity index (χ2v) is 6.94. The number of amides is 1. The number of nitrogens with one attached hydrogen (secondary N) is 2. The summed E-state index contributed by atoms with van der Waals surface area (Å²) in [6.45, 7) is 4.75. The number of aliphatic imine (C=N–C) groups is 1. The number of ether oxygens (including phenoxy) is 1. The van der Waals surface area contributed by atoms with E-state index >= 15 is 0 Å². The number of halogens is 1. The summed E-state index contributed by atoms with van der Waals surface area (Å²) in [6, 6.07) is 16.2. The van der Waals surface area contributed by atoms with Gasteiger partial charge in [0, 0.05) is 14.1 Å². The van der Waals surface area contributed by atoms with Gasteiger partial charge in [-0.25, -0.2) is 4.99 Å². The van der Waals surface area contributed by atoms with Gasteiger partial charge in [-0.2, -0.15) is 0 Å². The number of hydrogen-bond acceptors (Lipinski definition) is 3. The highest BCUT2D eigenvalue weighted by Gasteiger charge is 2.10. The minimum absolute atomic E-state index is 0. The van der Waals surface area contributed by atoms with Crippen LogP contribution in [0.3, 0.4) is 0 Å². The van der Waals surface area contributed by atoms with E-state index in [1.165, 1.54) is 0 Å². The Balaban J connectivity index is 0.00000420. The molecule has 1 unspecified atom stereocenters. The maximum atomic E-state index is 12.0. The van der Waals surface area contributed by atoms with Gasteiger partial charge < -0.3 is 20.3 Å². The van der Waals surface area contributed by atoms with Crippen molar-refractivity contribution in [2.75, 3.05) is 27.7 Å². The highest BCUT2D eigenvalue weighted by atomic mass is 127. The summed E-state index contributed by atoms with van der Waals surface area (Å²) in [4.78, 5) is 18.2. The monoisotopic (exact) mass is 510 g/mol. The second-order valence-electron chi connectivity index (χ2n) is 6.94. The fourth-order valence-corrected chi connectivity index (χ4v) is 2.70. The highest BCUT2D eigenvalue weighted by molar-refractivity contribution is 14.0. The molecule has 0 aromatic heterocycles. The van der Waals surface area contributed by atoms with E-state index in [0.717, 1.165) is 22.4 Å². The first kappa shape index (κ1) is 24.7. The van der Waals surface area contributed by atoms with Crippen molar-refractivity contribution >= 4 is 35.8 Å². The number of carbonyl (C=O) groups excluding carboxylic acids is 1. The van der Waals surface area contributed by atoms with E-state index in [1.54, 1.807) is 26.1 Å². The molecule has 0 aliphatic heterocycles. The molecule has 0 bridgehead atoms. The molecule has 0 saturated heterocycles. The molecule has 0 saturated carbocycles. The Bertz CT molecular complexity index is 810. The van der Waals surface area contributed by atoms with Crippen LogP contribution in [0.2, 0.25) is 0 Å². The number of hydrogen-bond donors (Lipinski definition) is 2. The molecule has 1 amide bonds. The van der Waals surface area contributed by atoms with E-state index in [0.29, 0.717) is 12.5 Å². The molecule has 0 aliphatic rings. The average Bonchev–Trinajstić information content (AvgIpc) is 2.69. The Morgan fingerprint density at radius 2 is 1.86 bits per heavy atom. The third kappa shape index (κ3) is 8.31. The van der Waals surface area contributed by atoms with Crippen molar-refractivity contribution in [3.63, 3.8) is 0 Å². The van der Waals surface area contributed by atoms with Gasteiger partial charge in [-0.1, -0.05) is 36.4 Å². The average molecular weight is 510 g/mol. The van der Waals surface area contributed by atoms with Gasteiger partial charge in [0.25, 0.3) is 0 Å². The largest absolute Gasteiger partial charge is 0.497 e. The number of methoxy groups -OCH3 is 1. The van der Waals surface area contributed by atoms with E-state index in [9.17, 15) is 4.79 Å². The van der Waals surface area contributed by atoms with E-state index < -0.39 is 0 Å². The summed E-state index contributed by atoms with van der Waals surface area (Å²) in [5.41, 5.74) is 3.31. The van der Waals surface area contributed by atoms with Crippen LogP contribution in [0.5, 0.6) is 5.75 Å². The number of guanidine groups is 1. The molecular formula is C22H31IN4O2. The van der Waals surface area contributed by atoms with Gasteiger partial charge in [0.1, 0.15) is 5.75 Å². The summed E-state index contributed by atoms with van der Waals surface area (Å²) in [6.07, 6.45) is 0. The molecule has 0 spiro atoms. The summed E-state index contributed by atoms with van der Waals surface area (Å²) >= 11 is 0. The number of benzene rings is 2. The third-order valence-corrected chi connectivity index (χ3v) is 4.32. The lowest BCUT2D eigenvalue weighted by Gasteiger charge is -2.19. The number of aryl methyl sites for hydroxylation is 1. The van der Waals surface area contributed by atoms with Crippen molar-refractivity contribution in [1.82, 2.24) is 15.5 Å². The second kappa shape index (κ2) is 12.3. The van der Waals surface area contributed by atoms with Crippen LogP contribution >= 0.6 is 24.0 Å². The molecule has 29 heavy (non-hydrogen) atoms. The van der Waals surface area contributed by atoms with Crippen LogP contribution in [-0.4, -0.2) is 44.5 Å². The Morgan fingerprint density at radius 1 is 1.17 bits per heavy atom. The van der Waals surface area contributed by atoms with Gasteiger partial charge in [0.2, 0.25) is 5.91 Å². The summed E-state index contributed by atoms with van der Waals surface area (Å²) < 4.78 is 5.34. The van der Waals surface area contributed by atoms with Crippen molar-refractivity contribution < 1.29 is 9.53 Å². The minimum Gasteiger partial charge on any atom is -0.497 e. The van der Waals surface area contributed by atoms with Crippen LogP contribution in [0.1, 0.15) is 29.7 Å². The maximum Gasteiger partial charge on any atom is 0.241 e. The number of nitrogens with zero attached hydrogens (tertiary/aromatic N) is 2. The molecule has 0 heterocycles. The first-order valence-electron chi connectivity index (χ1n) is 9.33. The Labute approximate surface area is 190 Å². The normalized spacial score (nSPS) is 11.8. The lowest BCUT2D eigenvalue weighted by molar-refractivity contribution is -0.127. The van der Waals surface area contributed by atoms with Crippen molar-refractivity contribution in [2.24, 2.45) is 4.99 Å². The third-order valence-electron chi connectivity index (χ3n) is 4.32. The maximum absolute atomic E-state index is 12.0. The lowest BCUT2D eigenvalue weighted by atomic mass is 10.1. The van der Waals surface area contributed by atoms with E-state index in [-0.39, 0.29) is 42.5 Å². The van der Waals surface area contributed by atoms with E-state index in [2.05, 4.69) is 40.7 Å². The highest BCUT2D eigenvalue weighted by Crippen LogP contribution is 2.17. The topological polar surface area (TPSA) is 66.0 Å². The molecule has 2 N–H and O–H groups in total. The molecule has 6 nitrogen and oxygen atoms in total. The van der Waals surface area contributed by atoms with Crippen molar-refractivity contribution in [2.45, 2.75) is 26.4 Å². The molecule has 7 heteroatoms. The SMILES string of the molecule is COc1cc(C)cc(CN=C(NCC(=O)N(C)C)NC(C)c2ccccc2)c1.I. The van der Waals surface area contributed by atoms with Crippen molar-refractivity contribution in [1.29, 1.82) is 0 Å². The van der Waals surface area contributed by atoms with Gasteiger partial charge >= 0.3 is 0 Å². The van der Waals surface area contributed by atoms with Gasteiger partial charge in [0.15, 0.2) is 5.96 Å². The van der Waals surface area contributed by atoms with Crippen molar-refractivity contribution in [3.8, 4) is 5.75 Å². The molecular weight excluding hydrogens is 479 g/mol. The molecule has 0 fully saturated rings. The summed E-state index contributed by atoms with van der Waals surface area (Å²) in [5, 5.41) is 6.51. The standard InChI is InChI=1S/C22H30N4O2.HI/c1-16-11-18(13-20(12-16)28-5)14-23-22(24-15-21(27)26(3)4)25-17(2)19-9-7-6-8-10-19;/h6-13,17H,14-15H2,1-5H3,(H2,23,24,25);1H. The lowest BCUT2D eigenvalue weighted by Crippen LogP contribution is -2.43. The van der Waals surface area contributed by atoms with Crippen molar-refractivity contribution in [3.05, 3.63) is 65.2 Å². The summed E-state index contributed by atoms with van der Waals surface area (Å²) in [5.74, 6) is 1.39. The van der Waals surface area contributed by atoms with E-state index in [1.807, 2.05) is 37.3 Å².